The van der Waals surface area contributed by atoms with Gasteiger partial charge in [0.1, 0.15) is 5.75 Å². The molecule has 0 amide bonds. The molecule has 4 heteroatoms. The first-order valence-electron chi connectivity index (χ1n) is 4.52. The van der Waals surface area contributed by atoms with Gasteiger partial charge in [-0.2, -0.15) is 0 Å². The van der Waals surface area contributed by atoms with E-state index in [1.54, 1.807) is 24.7 Å². The summed E-state index contributed by atoms with van der Waals surface area (Å²) in [7, 11) is 0. The zero-order valence-electron chi connectivity index (χ0n) is 8.00. The topological polar surface area (TPSA) is 55.1 Å². The summed E-state index contributed by atoms with van der Waals surface area (Å²) in [6.45, 7) is 0.640. The van der Waals surface area contributed by atoms with E-state index in [4.69, 9.17) is 0 Å². The van der Waals surface area contributed by atoms with E-state index in [0.717, 1.165) is 5.56 Å². The van der Waals surface area contributed by atoms with E-state index in [1.165, 1.54) is 6.07 Å². The van der Waals surface area contributed by atoms with E-state index in [-0.39, 0.29) is 5.75 Å². The predicted molar refractivity (Wildman–Crippen MR) is 54.8 cm³/mol. The fourth-order valence-electron chi connectivity index (χ4n) is 1.39. The van der Waals surface area contributed by atoms with Crippen LogP contribution in [0.4, 0.5) is 0 Å². The molecule has 2 aromatic rings. The molecule has 1 aromatic heterocycles. The lowest BCUT2D eigenvalue weighted by Gasteiger charge is -2.04. The van der Waals surface area contributed by atoms with Gasteiger partial charge in [0.15, 0.2) is 6.29 Å². The maximum Gasteiger partial charge on any atom is 0.153 e. The molecule has 1 aromatic carbocycles. The summed E-state index contributed by atoms with van der Waals surface area (Å²) in [5, 5.41) is 9.31. The molecule has 0 bridgehead atoms. The van der Waals surface area contributed by atoms with Gasteiger partial charge in [-0.15, -0.1) is 0 Å². The van der Waals surface area contributed by atoms with E-state index in [0.29, 0.717) is 18.4 Å². The number of phenolic OH excluding ortho intramolecular Hbond substituents is 1. The van der Waals surface area contributed by atoms with E-state index in [2.05, 4.69) is 4.98 Å². The Morgan fingerprint density at radius 3 is 3.00 bits per heavy atom. The molecule has 76 valence electrons. The standard InChI is InChI=1S/C11H10N2O2/c14-7-10-5-9(1-2-11(10)15)6-13-4-3-12-8-13/h1-5,7-8,15H,6H2. The second kappa shape index (κ2) is 3.96. The summed E-state index contributed by atoms with van der Waals surface area (Å²) in [4.78, 5) is 14.5. The van der Waals surface area contributed by atoms with Gasteiger partial charge in [-0.05, 0) is 17.7 Å². The number of benzene rings is 1. The molecule has 0 spiro atoms. The van der Waals surface area contributed by atoms with E-state index in [1.807, 2.05) is 10.8 Å². The zero-order chi connectivity index (χ0) is 10.7. The van der Waals surface area contributed by atoms with Gasteiger partial charge in [-0.1, -0.05) is 6.07 Å². The fourth-order valence-corrected chi connectivity index (χ4v) is 1.39. The minimum absolute atomic E-state index is 0.0133. The van der Waals surface area contributed by atoms with Crippen molar-refractivity contribution in [2.45, 2.75) is 6.54 Å². The molecule has 2 rings (SSSR count). The molecule has 0 aliphatic heterocycles. The Morgan fingerprint density at radius 2 is 2.33 bits per heavy atom. The summed E-state index contributed by atoms with van der Waals surface area (Å²) in [6, 6.07) is 4.97. The first-order valence-corrected chi connectivity index (χ1v) is 4.52. The number of carbonyl (C=O) groups is 1. The number of carbonyl (C=O) groups excluding carboxylic acids is 1. The van der Waals surface area contributed by atoms with E-state index < -0.39 is 0 Å². The van der Waals surface area contributed by atoms with Gasteiger partial charge in [0.05, 0.1) is 11.9 Å². The number of hydrogen-bond acceptors (Lipinski definition) is 3. The molecule has 0 aliphatic carbocycles. The first-order chi connectivity index (χ1) is 7.29. The fraction of sp³-hybridized carbons (Fsp3) is 0.0909. The minimum Gasteiger partial charge on any atom is -0.507 e. The third kappa shape index (κ3) is 2.04. The number of aldehydes is 1. The lowest BCUT2D eigenvalue weighted by Crippen LogP contribution is -1.97. The number of aromatic nitrogens is 2. The van der Waals surface area contributed by atoms with Crippen molar-refractivity contribution in [3.05, 3.63) is 48.0 Å². The molecule has 0 atom stereocenters. The maximum atomic E-state index is 10.6. The predicted octanol–water partition coefficient (Wildman–Crippen LogP) is 1.45. The summed E-state index contributed by atoms with van der Waals surface area (Å²) in [5.41, 5.74) is 1.26. The molecule has 0 saturated carbocycles. The van der Waals surface area contributed by atoms with Crippen LogP contribution in [0.5, 0.6) is 5.75 Å². The lowest BCUT2D eigenvalue weighted by atomic mass is 10.1. The molecule has 0 unspecified atom stereocenters. The third-order valence-electron chi connectivity index (χ3n) is 2.14. The van der Waals surface area contributed by atoms with Crippen molar-refractivity contribution in [2.24, 2.45) is 0 Å². The quantitative estimate of drug-likeness (QED) is 0.766. The maximum absolute atomic E-state index is 10.6. The zero-order valence-corrected chi connectivity index (χ0v) is 8.00. The highest BCUT2D eigenvalue weighted by molar-refractivity contribution is 5.79. The number of phenols is 1. The number of nitrogens with zero attached hydrogens (tertiary/aromatic N) is 2. The second-order valence-corrected chi connectivity index (χ2v) is 3.25. The second-order valence-electron chi connectivity index (χ2n) is 3.25. The summed E-state index contributed by atoms with van der Waals surface area (Å²) in [6.07, 6.45) is 5.88. The molecule has 0 aliphatic rings. The van der Waals surface area contributed by atoms with Crippen molar-refractivity contribution >= 4 is 6.29 Å². The van der Waals surface area contributed by atoms with Gasteiger partial charge in [0.2, 0.25) is 0 Å². The van der Waals surface area contributed by atoms with Gasteiger partial charge in [0.25, 0.3) is 0 Å². The normalized spacial score (nSPS) is 10.1. The number of hydrogen-bond donors (Lipinski definition) is 1. The molecular weight excluding hydrogens is 192 g/mol. The Bertz CT molecular complexity index is 463. The van der Waals surface area contributed by atoms with Gasteiger partial charge in [-0.25, -0.2) is 4.98 Å². The molecule has 0 saturated heterocycles. The van der Waals surface area contributed by atoms with Crippen molar-refractivity contribution in [3.63, 3.8) is 0 Å². The SMILES string of the molecule is O=Cc1cc(Cn2ccnc2)ccc1O. The number of imidazole rings is 1. The average molecular weight is 202 g/mol. The van der Waals surface area contributed by atoms with Crippen LogP contribution in [0, 0.1) is 0 Å². The van der Waals surface area contributed by atoms with Crippen molar-refractivity contribution in [1.29, 1.82) is 0 Å². The van der Waals surface area contributed by atoms with E-state index in [9.17, 15) is 9.90 Å². The van der Waals surface area contributed by atoms with Gasteiger partial charge >= 0.3 is 0 Å². The van der Waals surface area contributed by atoms with Crippen LogP contribution in [-0.2, 0) is 6.54 Å². The molecule has 15 heavy (non-hydrogen) atoms. The van der Waals surface area contributed by atoms with Crippen LogP contribution in [0.1, 0.15) is 15.9 Å². The van der Waals surface area contributed by atoms with Crippen LogP contribution < -0.4 is 0 Å². The van der Waals surface area contributed by atoms with Gasteiger partial charge in [-0.3, -0.25) is 4.79 Å². The Balaban J connectivity index is 2.26. The third-order valence-corrected chi connectivity index (χ3v) is 2.14. The van der Waals surface area contributed by atoms with Crippen molar-refractivity contribution in [1.82, 2.24) is 9.55 Å². The Kier molecular flexibility index (Phi) is 2.49. The van der Waals surface area contributed by atoms with Crippen LogP contribution in [0.2, 0.25) is 0 Å². The highest BCUT2D eigenvalue weighted by Gasteiger charge is 2.01. The van der Waals surface area contributed by atoms with Crippen LogP contribution in [-0.4, -0.2) is 20.9 Å². The lowest BCUT2D eigenvalue weighted by molar-refractivity contribution is 0.112. The first kappa shape index (κ1) is 9.45. The van der Waals surface area contributed by atoms with Crippen LogP contribution in [0.25, 0.3) is 0 Å². The molecule has 4 nitrogen and oxygen atoms in total. The highest BCUT2D eigenvalue weighted by Crippen LogP contribution is 2.16. The highest BCUT2D eigenvalue weighted by atomic mass is 16.3. The summed E-state index contributed by atoms with van der Waals surface area (Å²) >= 11 is 0. The Labute approximate surface area is 86.8 Å². The average Bonchev–Trinajstić information content (AvgIpc) is 2.73. The van der Waals surface area contributed by atoms with Gasteiger partial charge in [0, 0.05) is 18.9 Å². The van der Waals surface area contributed by atoms with Crippen LogP contribution >= 0.6 is 0 Å². The largest absolute Gasteiger partial charge is 0.507 e. The molecule has 0 fully saturated rings. The Morgan fingerprint density at radius 1 is 1.47 bits per heavy atom. The number of aromatic hydroxyl groups is 1. The molecule has 1 heterocycles. The Hall–Kier alpha value is -2.10. The monoisotopic (exact) mass is 202 g/mol. The van der Waals surface area contributed by atoms with Gasteiger partial charge < -0.3 is 9.67 Å². The van der Waals surface area contributed by atoms with Crippen molar-refractivity contribution in [2.75, 3.05) is 0 Å². The molecular formula is C11H10N2O2. The van der Waals surface area contributed by atoms with Crippen LogP contribution in [0.15, 0.2) is 36.9 Å². The number of rotatable bonds is 3. The van der Waals surface area contributed by atoms with Crippen molar-refractivity contribution < 1.29 is 9.90 Å². The molecule has 0 radical (unpaired) electrons. The molecule has 1 N–H and O–H groups in total. The van der Waals surface area contributed by atoms with Crippen LogP contribution in [0.3, 0.4) is 0 Å². The summed E-state index contributed by atoms with van der Waals surface area (Å²) < 4.78 is 1.89. The summed E-state index contributed by atoms with van der Waals surface area (Å²) in [5.74, 6) is 0.0133. The minimum atomic E-state index is 0.0133. The van der Waals surface area contributed by atoms with Crippen molar-refractivity contribution in [3.8, 4) is 5.75 Å². The smallest absolute Gasteiger partial charge is 0.153 e. The van der Waals surface area contributed by atoms with E-state index >= 15 is 0 Å².